The molecule has 0 spiro atoms. The van der Waals surface area contributed by atoms with Gasteiger partial charge in [-0.2, -0.15) is 0 Å². The molecule has 2 heterocycles. The lowest BCUT2D eigenvalue weighted by Crippen LogP contribution is -2.16. The lowest BCUT2D eigenvalue weighted by atomic mass is 10.2. The third-order valence-corrected chi connectivity index (χ3v) is 3.49. The van der Waals surface area contributed by atoms with E-state index >= 15 is 0 Å². The number of aromatic nitrogens is 2. The van der Waals surface area contributed by atoms with Crippen LogP contribution in [0.4, 0.5) is 11.6 Å². The van der Waals surface area contributed by atoms with E-state index in [-0.39, 0.29) is 11.6 Å². The van der Waals surface area contributed by atoms with E-state index in [1.165, 1.54) is 6.20 Å². The van der Waals surface area contributed by atoms with Crippen LogP contribution in [-0.2, 0) is 6.54 Å². The maximum atomic E-state index is 12.5. The van der Waals surface area contributed by atoms with E-state index in [1.54, 1.807) is 31.6 Å². The highest BCUT2D eigenvalue weighted by Gasteiger charge is 2.12. The van der Waals surface area contributed by atoms with Crippen molar-refractivity contribution in [2.75, 3.05) is 17.7 Å². The Bertz CT molecular complexity index is 863. The van der Waals surface area contributed by atoms with Gasteiger partial charge in [0.1, 0.15) is 17.2 Å². The first-order valence-corrected chi connectivity index (χ1v) is 7.71. The van der Waals surface area contributed by atoms with Crippen molar-refractivity contribution in [3.63, 3.8) is 0 Å². The Balaban J connectivity index is 1.72. The normalized spacial score (nSPS) is 10.3. The fourth-order valence-electron chi connectivity index (χ4n) is 2.26. The van der Waals surface area contributed by atoms with Gasteiger partial charge in [-0.1, -0.05) is 6.07 Å². The third kappa shape index (κ3) is 4.14. The molecule has 25 heavy (non-hydrogen) atoms. The highest BCUT2D eigenvalue weighted by Crippen LogP contribution is 2.25. The molecule has 128 valence electrons. The van der Waals surface area contributed by atoms with Crippen LogP contribution < -0.4 is 15.4 Å². The number of aryl methyl sites for hydroxylation is 1. The fourth-order valence-corrected chi connectivity index (χ4v) is 2.26. The molecule has 0 atom stereocenters. The van der Waals surface area contributed by atoms with Crippen LogP contribution in [0.1, 0.15) is 21.8 Å². The number of nitrogens with one attached hydrogen (secondary N) is 2. The Kier molecular flexibility index (Phi) is 4.94. The van der Waals surface area contributed by atoms with Gasteiger partial charge in [-0.3, -0.25) is 4.79 Å². The standard InChI is InChI=1S/C18H18N4O3/c1-12-5-6-16(24-2)15(10-12)21-17(23)14-7-8-19-18(22-14)20-11-13-4-3-9-25-13/h3-10H,11H2,1-2H3,(H,21,23)(H,19,20,22). The van der Waals surface area contributed by atoms with Gasteiger partial charge in [0.15, 0.2) is 0 Å². The fraction of sp³-hybridized carbons (Fsp3) is 0.167. The molecule has 3 rings (SSSR count). The summed E-state index contributed by atoms with van der Waals surface area (Å²) in [7, 11) is 1.56. The van der Waals surface area contributed by atoms with Crippen LogP contribution in [0.3, 0.4) is 0 Å². The molecule has 0 bridgehead atoms. The van der Waals surface area contributed by atoms with Gasteiger partial charge in [0.05, 0.1) is 25.6 Å². The number of hydrogen-bond acceptors (Lipinski definition) is 6. The molecule has 0 saturated heterocycles. The van der Waals surface area contributed by atoms with Gasteiger partial charge >= 0.3 is 0 Å². The summed E-state index contributed by atoms with van der Waals surface area (Å²) in [5.41, 5.74) is 1.86. The van der Waals surface area contributed by atoms with Gasteiger partial charge in [0.25, 0.3) is 5.91 Å². The Labute approximate surface area is 145 Å². The summed E-state index contributed by atoms with van der Waals surface area (Å²) in [6.07, 6.45) is 3.12. The first-order valence-electron chi connectivity index (χ1n) is 7.71. The molecule has 2 aromatic heterocycles. The summed E-state index contributed by atoms with van der Waals surface area (Å²) in [6, 6.07) is 10.8. The van der Waals surface area contributed by atoms with Gasteiger partial charge in [0, 0.05) is 6.20 Å². The SMILES string of the molecule is COc1ccc(C)cc1NC(=O)c1ccnc(NCc2ccco2)n1. The van der Waals surface area contributed by atoms with Crippen LogP contribution in [0, 0.1) is 6.92 Å². The number of anilines is 2. The smallest absolute Gasteiger partial charge is 0.274 e. The first kappa shape index (κ1) is 16.5. The summed E-state index contributed by atoms with van der Waals surface area (Å²) in [5.74, 6) is 1.35. The summed E-state index contributed by atoms with van der Waals surface area (Å²) in [5, 5.41) is 5.83. The molecular weight excluding hydrogens is 320 g/mol. The van der Waals surface area contributed by atoms with Crippen LogP contribution >= 0.6 is 0 Å². The molecule has 1 amide bonds. The number of carbonyl (C=O) groups excluding carboxylic acids is 1. The Morgan fingerprint density at radius 1 is 1.28 bits per heavy atom. The van der Waals surface area contributed by atoms with Crippen LogP contribution in [0.15, 0.2) is 53.3 Å². The molecular formula is C18H18N4O3. The number of amides is 1. The largest absolute Gasteiger partial charge is 0.495 e. The number of rotatable bonds is 6. The van der Waals surface area contributed by atoms with Crippen molar-refractivity contribution in [1.82, 2.24) is 9.97 Å². The van der Waals surface area contributed by atoms with Crippen molar-refractivity contribution in [3.8, 4) is 5.75 Å². The van der Waals surface area contributed by atoms with Crippen molar-refractivity contribution < 1.29 is 13.9 Å². The van der Waals surface area contributed by atoms with Crippen molar-refractivity contribution in [2.24, 2.45) is 0 Å². The molecule has 1 aromatic carbocycles. The Hall–Kier alpha value is -3.35. The van der Waals surface area contributed by atoms with Crippen molar-refractivity contribution in [1.29, 1.82) is 0 Å². The van der Waals surface area contributed by atoms with Gasteiger partial charge in [-0.15, -0.1) is 0 Å². The maximum absolute atomic E-state index is 12.5. The van der Waals surface area contributed by atoms with E-state index in [2.05, 4.69) is 20.6 Å². The van der Waals surface area contributed by atoms with Crippen LogP contribution in [0.25, 0.3) is 0 Å². The second kappa shape index (κ2) is 7.48. The summed E-state index contributed by atoms with van der Waals surface area (Å²) in [6.45, 7) is 2.38. The minimum Gasteiger partial charge on any atom is -0.495 e. The molecule has 0 aliphatic rings. The second-order valence-corrected chi connectivity index (χ2v) is 5.36. The summed E-state index contributed by atoms with van der Waals surface area (Å²) >= 11 is 0. The zero-order chi connectivity index (χ0) is 17.6. The van der Waals surface area contributed by atoms with Gasteiger partial charge in [0.2, 0.25) is 5.95 Å². The van der Waals surface area contributed by atoms with Gasteiger partial charge in [-0.25, -0.2) is 9.97 Å². The van der Waals surface area contributed by atoms with Crippen LogP contribution in [0.2, 0.25) is 0 Å². The molecule has 0 unspecified atom stereocenters. The lowest BCUT2D eigenvalue weighted by Gasteiger charge is -2.11. The Morgan fingerprint density at radius 3 is 2.92 bits per heavy atom. The molecule has 0 aliphatic carbocycles. The molecule has 2 N–H and O–H groups in total. The van der Waals surface area contributed by atoms with Crippen LogP contribution in [0.5, 0.6) is 5.75 Å². The molecule has 3 aromatic rings. The minimum atomic E-state index is -0.340. The zero-order valence-electron chi connectivity index (χ0n) is 13.9. The van der Waals surface area contributed by atoms with E-state index in [9.17, 15) is 4.79 Å². The highest BCUT2D eigenvalue weighted by atomic mass is 16.5. The Morgan fingerprint density at radius 2 is 2.16 bits per heavy atom. The van der Waals surface area contributed by atoms with Crippen molar-refractivity contribution >= 4 is 17.5 Å². The molecule has 0 saturated carbocycles. The molecule has 0 fully saturated rings. The molecule has 7 heteroatoms. The third-order valence-electron chi connectivity index (χ3n) is 3.49. The van der Waals surface area contributed by atoms with Gasteiger partial charge < -0.3 is 19.8 Å². The maximum Gasteiger partial charge on any atom is 0.274 e. The predicted molar refractivity (Wildman–Crippen MR) is 93.8 cm³/mol. The molecule has 0 radical (unpaired) electrons. The number of furan rings is 1. The van der Waals surface area contributed by atoms with Crippen LogP contribution in [-0.4, -0.2) is 23.0 Å². The number of benzene rings is 1. The predicted octanol–water partition coefficient (Wildman–Crippen LogP) is 3.25. The first-order chi connectivity index (χ1) is 12.2. The number of methoxy groups -OCH3 is 1. The molecule has 7 nitrogen and oxygen atoms in total. The van der Waals surface area contributed by atoms with Crippen molar-refractivity contribution in [3.05, 3.63) is 65.9 Å². The zero-order valence-corrected chi connectivity index (χ0v) is 13.9. The number of hydrogen-bond donors (Lipinski definition) is 2. The average Bonchev–Trinajstić information content (AvgIpc) is 3.14. The highest BCUT2D eigenvalue weighted by molar-refractivity contribution is 6.03. The lowest BCUT2D eigenvalue weighted by molar-refractivity contribution is 0.102. The average molecular weight is 338 g/mol. The van der Waals surface area contributed by atoms with E-state index in [0.29, 0.717) is 23.9 Å². The minimum absolute atomic E-state index is 0.250. The topological polar surface area (TPSA) is 89.3 Å². The number of carbonyl (C=O) groups is 1. The summed E-state index contributed by atoms with van der Waals surface area (Å²) in [4.78, 5) is 20.8. The van der Waals surface area contributed by atoms with E-state index < -0.39 is 0 Å². The summed E-state index contributed by atoms with van der Waals surface area (Å²) < 4.78 is 10.5. The number of ether oxygens (including phenoxy) is 1. The monoisotopic (exact) mass is 338 g/mol. The van der Waals surface area contributed by atoms with E-state index in [0.717, 1.165) is 11.3 Å². The van der Waals surface area contributed by atoms with E-state index in [4.69, 9.17) is 9.15 Å². The number of nitrogens with zero attached hydrogens (tertiary/aromatic N) is 2. The van der Waals surface area contributed by atoms with Gasteiger partial charge in [-0.05, 0) is 42.8 Å². The quantitative estimate of drug-likeness (QED) is 0.717. The van der Waals surface area contributed by atoms with E-state index in [1.807, 2.05) is 25.1 Å². The molecule has 0 aliphatic heterocycles. The van der Waals surface area contributed by atoms with Crippen molar-refractivity contribution in [2.45, 2.75) is 13.5 Å². The second-order valence-electron chi connectivity index (χ2n) is 5.36.